The normalized spacial score (nSPS) is 11.3. The Morgan fingerprint density at radius 2 is 1.26 bits per heavy atom. The van der Waals surface area contributed by atoms with Crippen LogP contribution in [0, 0.1) is 0 Å². The van der Waals surface area contributed by atoms with Crippen LogP contribution in [0.2, 0.25) is 0 Å². The number of carbonyl (C=O) groups excluding carboxylic acids is 5. The number of hydrogen-bond donors (Lipinski definition) is 0. The second-order valence-corrected chi connectivity index (χ2v) is 9.08. The molecule has 1 unspecified atom stereocenters. The Morgan fingerprint density at radius 3 is 1.74 bits per heavy atom. The monoisotopic (exact) mass is 542 g/mol. The lowest BCUT2D eigenvalue weighted by atomic mass is 9.96. The number of esters is 5. The molecule has 2 aromatic carbocycles. The summed E-state index contributed by atoms with van der Waals surface area (Å²) in [6.07, 6.45) is 2.64. The maximum absolute atomic E-state index is 12.7. The molecule has 2 aromatic rings. The average molecular weight is 543 g/mol. The van der Waals surface area contributed by atoms with Crippen LogP contribution in [0.5, 0.6) is 23.0 Å². The summed E-state index contributed by atoms with van der Waals surface area (Å²) < 4.78 is 27.7. The Morgan fingerprint density at radius 1 is 0.744 bits per heavy atom. The summed E-state index contributed by atoms with van der Waals surface area (Å²) in [7, 11) is 0. The van der Waals surface area contributed by atoms with Crippen molar-refractivity contribution in [2.75, 3.05) is 0 Å². The van der Waals surface area contributed by atoms with Crippen molar-refractivity contribution in [1.29, 1.82) is 0 Å². The van der Waals surface area contributed by atoms with Gasteiger partial charge < -0.3 is 23.7 Å². The molecule has 10 heteroatoms. The van der Waals surface area contributed by atoms with Crippen LogP contribution in [0.4, 0.5) is 0 Å². The lowest BCUT2D eigenvalue weighted by Gasteiger charge is -2.24. The largest absolute Gasteiger partial charge is 0.457 e. The Labute approximate surface area is 227 Å². The van der Waals surface area contributed by atoms with Gasteiger partial charge in [0, 0.05) is 46.1 Å². The second-order valence-electron chi connectivity index (χ2n) is 9.08. The minimum absolute atomic E-state index is 0.0136. The summed E-state index contributed by atoms with van der Waals surface area (Å²) in [5.74, 6) is -3.52. The zero-order valence-corrected chi connectivity index (χ0v) is 23.3. The molecule has 0 saturated heterocycles. The standard InChI is InChI=1S/C29H34O10/c1-8-9-10-26(34)39-22(12-11-16(2)3)21-15-25(37-19(6)32)27-23(35-17(4)30)13-14-24(36-18(5)31)28(27)29(21)38-20(7)33/h11,13-15,22H,8-10,12H2,1-7H3. The van der Waals surface area contributed by atoms with E-state index in [1.807, 2.05) is 26.8 Å². The quantitative estimate of drug-likeness (QED) is 0.199. The van der Waals surface area contributed by atoms with E-state index in [1.54, 1.807) is 0 Å². The van der Waals surface area contributed by atoms with Crippen molar-refractivity contribution in [2.45, 2.75) is 80.3 Å². The third kappa shape index (κ3) is 8.94. The lowest BCUT2D eigenvalue weighted by molar-refractivity contribution is -0.149. The molecular formula is C29H34O10. The van der Waals surface area contributed by atoms with E-state index in [4.69, 9.17) is 23.7 Å². The van der Waals surface area contributed by atoms with Crippen LogP contribution in [0.25, 0.3) is 10.8 Å². The molecule has 0 radical (unpaired) electrons. The fraction of sp³-hybridized carbons (Fsp3) is 0.414. The molecule has 0 aliphatic carbocycles. The molecule has 0 heterocycles. The van der Waals surface area contributed by atoms with Gasteiger partial charge in [-0.2, -0.15) is 0 Å². The fourth-order valence-electron chi connectivity index (χ4n) is 3.79. The molecule has 0 N–H and O–H groups in total. The van der Waals surface area contributed by atoms with Crippen molar-refractivity contribution in [1.82, 2.24) is 0 Å². The number of ether oxygens (including phenoxy) is 5. The van der Waals surface area contributed by atoms with Crippen LogP contribution in [-0.4, -0.2) is 29.8 Å². The maximum atomic E-state index is 12.7. The van der Waals surface area contributed by atoms with E-state index < -0.39 is 36.0 Å². The van der Waals surface area contributed by atoms with Crippen molar-refractivity contribution < 1.29 is 47.7 Å². The summed E-state index contributed by atoms with van der Waals surface area (Å²) in [5, 5.41) is 0.0529. The predicted molar refractivity (Wildman–Crippen MR) is 142 cm³/mol. The van der Waals surface area contributed by atoms with Crippen LogP contribution in [-0.2, 0) is 28.7 Å². The number of fused-ring (bicyclic) bond motifs is 1. The first-order valence-corrected chi connectivity index (χ1v) is 12.5. The zero-order valence-electron chi connectivity index (χ0n) is 23.3. The first-order chi connectivity index (χ1) is 18.3. The summed E-state index contributed by atoms with van der Waals surface area (Å²) >= 11 is 0. The fourth-order valence-corrected chi connectivity index (χ4v) is 3.79. The van der Waals surface area contributed by atoms with Gasteiger partial charge in [0.1, 0.15) is 29.1 Å². The van der Waals surface area contributed by atoms with Crippen molar-refractivity contribution in [3.8, 4) is 23.0 Å². The first kappa shape index (κ1) is 31.0. The third-order valence-electron chi connectivity index (χ3n) is 5.25. The van der Waals surface area contributed by atoms with Gasteiger partial charge in [0.2, 0.25) is 0 Å². The first-order valence-electron chi connectivity index (χ1n) is 12.5. The molecular weight excluding hydrogens is 508 g/mol. The van der Waals surface area contributed by atoms with Gasteiger partial charge in [0.25, 0.3) is 0 Å². The Hall–Kier alpha value is -4.21. The summed E-state index contributed by atoms with van der Waals surface area (Å²) in [5.41, 5.74) is 1.13. The van der Waals surface area contributed by atoms with E-state index in [9.17, 15) is 24.0 Å². The third-order valence-corrected chi connectivity index (χ3v) is 5.25. The molecule has 0 fully saturated rings. The number of unbranched alkanes of at least 4 members (excludes halogenated alkanes) is 1. The molecule has 0 aliphatic heterocycles. The zero-order chi connectivity index (χ0) is 29.3. The van der Waals surface area contributed by atoms with Crippen molar-refractivity contribution >= 4 is 40.6 Å². The minimum Gasteiger partial charge on any atom is -0.457 e. The van der Waals surface area contributed by atoms with E-state index in [2.05, 4.69) is 0 Å². The van der Waals surface area contributed by atoms with Crippen LogP contribution < -0.4 is 18.9 Å². The highest BCUT2D eigenvalue weighted by Gasteiger charge is 2.30. The number of rotatable bonds is 11. The van der Waals surface area contributed by atoms with Gasteiger partial charge in [-0.15, -0.1) is 0 Å². The summed E-state index contributed by atoms with van der Waals surface area (Å²) in [6.45, 7) is 10.4. The molecule has 39 heavy (non-hydrogen) atoms. The van der Waals surface area contributed by atoms with Crippen molar-refractivity contribution in [3.05, 3.63) is 35.4 Å². The highest BCUT2D eigenvalue weighted by molar-refractivity contribution is 6.06. The van der Waals surface area contributed by atoms with Crippen molar-refractivity contribution in [3.63, 3.8) is 0 Å². The minimum atomic E-state index is -0.972. The van der Waals surface area contributed by atoms with E-state index in [0.717, 1.165) is 12.0 Å². The number of allylic oxidation sites excluding steroid dienone is 1. The highest BCUT2D eigenvalue weighted by Crippen LogP contribution is 2.49. The number of benzene rings is 2. The Bertz CT molecular complexity index is 1300. The van der Waals surface area contributed by atoms with Crippen LogP contribution in [0.15, 0.2) is 29.8 Å². The topological polar surface area (TPSA) is 132 Å². The van der Waals surface area contributed by atoms with Gasteiger partial charge >= 0.3 is 29.8 Å². The molecule has 10 nitrogen and oxygen atoms in total. The molecule has 0 saturated carbocycles. The van der Waals surface area contributed by atoms with Gasteiger partial charge in [-0.05, 0) is 38.5 Å². The molecule has 0 bridgehead atoms. The summed E-state index contributed by atoms with van der Waals surface area (Å²) in [4.78, 5) is 61.0. The van der Waals surface area contributed by atoms with E-state index >= 15 is 0 Å². The molecule has 1 atom stereocenters. The second kappa shape index (κ2) is 14.1. The van der Waals surface area contributed by atoms with Crippen LogP contribution in [0.1, 0.15) is 85.8 Å². The van der Waals surface area contributed by atoms with Crippen LogP contribution in [0.3, 0.4) is 0 Å². The predicted octanol–water partition coefficient (Wildman–Crippen LogP) is 5.67. The molecule has 0 spiro atoms. The lowest BCUT2D eigenvalue weighted by Crippen LogP contribution is -2.15. The van der Waals surface area contributed by atoms with Gasteiger partial charge in [-0.1, -0.05) is 25.0 Å². The van der Waals surface area contributed by atoms with E-state index in [1.165, 1.54) is 45.9 Å². The van der Waals surface area contributed by atoms with E-state index in [-0.39, 0.29) is 52.2 Å². The maximum Gasteiger partial charge on any atom is 0.308 e. The SMILES string of the molecule is CCCCC(=O)OC(CC=C(C)C)c1cc(OC(C)=O)c2c(OC(C)=O)ccc(OC(C)=O)c2c1OC(C)=O. The summed E-state index contributed by atoms with van der Waals surface area (Å²) in [6, 6.07) is 4.11. The van der Waals surface area contributed by atoms with Gasteiger partial charge in [0.15, 0.2) is 0 Å². The molecule has 2 rings (SSSR count). The van der Waals surface area contributed by atoms with Gasteiger partial charge in [0.05, 0.1) is 10.8 Å². The Balaban J connectivity index is 3.06. The van der Waals surface area contributed by atoms with Gasteiger partial charge in [-0.25, -0.2) is 0 Å². The highest BCUT2D eigenvalue weighted by atomic mass is 16.6. The van der Waals surface area contributed by atoms with E-state index in [0.29, 0.717) is 6.42 Å². The number of carbonyl (C=O) groups is 5. The van der Waals surface area contributed by atoms with Crippen molar-refractivity contribution in [2.24, 2.45) is 0 Å². The Kier molecular flexibility index (Phi) is 11.2. The number of hydrogen-bond acceptors (Lipinski definition) is 10. The average Bonchev–Trinajstić information content (AvgIpc) is 2.81. The molecule has 210 valence electrons. The van der Waals surface area contributed by atoms with Gasteiger partial charge in [-0.3, -0.25) is 24.0 Å². The van der Waals surface area contributed by atoms with Crippen LogP contribution >= 0.6 is 0 Å². The smallest absolute Gasteiger partial charge is 0.308 e. The molecule has 0 aliphatic rings. The molecule has 0 aromatic heterocycles. The molecule has 0 amide bonds.